The lowest BCUT2D eigenvalue weighted by atomic mass is 10.1. The van der Waals surface area contributed by atoms with E-state index in [1.165, 1.54) is 23.1 Å². The number of amides is 2. The Kier molecular flexibility index (Phi) is 7.20. The lowest BCUT2D eigenvalue weighted by Crippen LogP contribution is -2.28. The van der Waals surface area contributed by atoms with Gasteiger partial charge in [0.25, 0.3) is 0 Å². The van der Waals surface area contributed by atoms with Crippen molar-refractivity contribution in [3.05, 3.63) is 58.5 Å². The maximum atomic E-state index is 12.6. The monoisotopic (exact) mass is 468 g/mol. The van der Waals surface area contributed by atoms with E-state index in [0.717, 1.165) is 0 Å². The normalized spacial score (nSPS) is 10.9. The summed E-state index contributed by atoms with van der Waals surface area (Å²) in [5, 5.41) is 26.2. The second-order valence-electron chi connectivity index (χ2n) is 7.91. The summed E-state index contributed by atoms with van der Waals surface area (Å²) < 4.78 is 6.65. The molecule has 3 aromatic rings. The molecule has 0 aliphatic heterocycles. The Bertz CT molecular complexity index is 1200. The number of carbonyl (C=O) groups is 2. The summed E-state index contributed by atoms with van der Waals surface area (Å²) in [7, 11) is 0. The van der Waals surface area contributed by atoms with Crippen LogP contribution in [0.3, 0.4) is 0 Å². The Labute approximate surface area is 194 Å². The number of carbonyl (C=O) groups excluding carboxylic acids is 2. The quantitative estimate of drug-likeness (QED) is 0.561. The fraction of sp³-hybridized carbons (Fsp3) is 0.286. The van der Waals surface area contributed by atoms with Gasteiger partial charge in [-0.05, 0) is 67.1 Å². The predicted octanol–water partition coefficient (Wildman–Crippen LogP) is 2.79. The van der Waals surface area contributed by atoms with E-state index in [0.29, 0.717) is 16.3 Å². The molecule has 0 saturated carbocycles. The van der Waals surface area contributed by atoms with Crippen LogP contribution < -0.4 is 10.6 Å². The van der Waals surface area contributed by atoms with Crippen LogP contribution in [0.5, 0.6) is 0 Å². The van der Waals surface area contributed by atoms with Gasteiger partial charge in [-0.2, -0.15) is 5.26 Å². The number of halogens is 1. The molecule has 2 aromatic heterocycles. The van der Waals surface area contributed by atoms with Gasteiger partial charge in [0, 0.05) is 11.6 Å². The van der Waals surface area contributed by atoms with Gasteiger partial charge in [0.1, 0.15) is 23.8 Å². The van der Waals surface area contributed by atoms with E-state index in [-0.39, 0.29) is 35.9 Å². The van der Waals surface area contributed by atoms with Crippen molar-refractivity contribution in [2.24, 2.45) is 0 Å². The van der Waals surface area contributed by atoms with Crippen molar-refractivity contribution < 1.29 is 14.3 Å². The Hall–Kier alpha value is -4.04. The Balaban J connectivity index is 1.70. The highest BCUT2D eigenvalue weighted by Crippen LogP contribution is 2.19. The van der Waals surface area contributed by atoms with Gasteiger partial charge in [-0.1, -0.05) is 11.6 Å². The molecule has 1 aromatic carbocycles. The minimum Gasteiger partial charge on any atom is -0.444 e. The molecular weight excluding hydrogens is 448 g/mol. The zero-order valence-corrected chi connectivity index (χ0v) is 18.9. The second-order valence-corrected chi connectivity index (χ2v) is 8.35. The van der Waals surface area contributed by atoms with Gasteiger partial charge in [0.2, 0.25) is 5.91 Å². The summed E-state index contributed by atoms with van der Waals surface area (Å²) in [5.41, 5.74) is 1.11. The molecule has 0 radical (unpaired) electrons. The lowest BCUT2D eigenvalue weighted by Gasteiger charge is -2.19. The first-order chi connectivity index (χ1) is 15.6. The molecule has 2 N–H and O–H groups in total. The van der Waals surface area contributed by atoms with Gasteiger partial charge in [0.05, 0.1) is 23.4 Å². The van der Waals surface area contributed by atoms with Gasteiger partial charge < -0.3 is 10.1 Å². The van der Waals surface area contributed by atoms with Crippen LogP contribution in [-0.2, 0) is 22.5 Å². The average Bonchev–Trinajstić information content (AvgIpc) is 3.26. The number of rotatable bonds is 6. The zero-order chi connectivity index (χ0) is 24.0. The number of nitriles is 1. The number of hydrogen-bond donors (Lipinski definition) is 2. The van der Waals surface area contributed by atoms with E-state index < -0.39 is 11.7 Å². The minimum absolute atomic E-state index is 0.145. The molecule has 0 aliphatic rings. The number of benzene rings is 1. The topological polar surface area (TPSA) is 148 Å². The van der Waals surface area contributed by atoms with E-state index in [9.17, 15) is 14.9 Å². The van der Waals surface area contributed by atoms with E-state index in [1.54, 1.807) is 39.0 Å². The summed E-state index contributed by atoms with van der Waals surface area (Å²) >= 11 is 6.10. The molecule has 2 heterocycles. The molecule has 12 heteroatoms. The molecule has 0 fully saturated rings. The number of nitrogens with zero attached hydrogens (tertiary/aromatic N) is 6. The van der Waals surface area contributed by atoms with Crippen molar-refractivity contribution in [1.29, 1.82) is 5.26 Å². The molecule has 170 valence electrons. The fourth-order valence-corrected chi connectivity index (χ4v) is 3.01. The molecule has 0 unspecified atom stereocenters. The van der Waals surface area contributed by atoms with Crippen molar-refractivity contribution in [2.75, 3.05) is 5.32 Å². The first-order valence-electron chi connectivity index (χ1n) is 9.83. The third-order valence-electron chi connectivity index (χ3n) is 4.17. The van der Waals surface area contributed by atoms with Crippen LogP contribution in [0.1, 0.15) is 37.6 Å². The minimum atomic E-state index is -0.689. The lowest BCUT2D eigenvalue weighted by molar-refractivity contribution is -0.120. The summed E-state index contributed by atoms with van der Waals surface area (Å²) in [4.78, 5) is 28.8. The molecule has 11 nitrogen and oxygen atoms in total. The van der Waals surface area contributed by atoms with Crippen LogP contribution in [0.4, 0.5) is 10.6 Å². The largest absolute Gasteiger partial charge is 0.444 e. The van der Waals surface area contributed by atoms with Crippen molar-refractivity contribution in [3.63, 3.8) is 0 Å². The maximum Gasteiger partial charge on any atom is 0.413 e. The number of pyridine rings is 1. The number of hydrogen-bond acceptors (Lipinski definition) is 8. The highest BCUT2D eigenvalue weighted by molar-refractivity contribution is 6.30. The van der Waals surface area contributed by atoms with E-state index >= 15 is 0 Å². The summed E-state index contributed by atoms with van der Waals surface area (Å²) in [6.07, 6.45) is 0.570. The molecule has 33 heavy (non-hydrogen) atoms. The molecule has 0 bridgehead atoms. The van der Waals surface area contributed by atoms with Gasteiger partial charge in [-0.25, -0.2) is 14.5 Å². The van der Waals surface area contributed by atoms with Crippen molar-refractivity contribution in [1.82, 2.24) is 30.5 Å². The second kappa shape index (κ2) is 10.1. The number of nitrogens with one attached hydrogen (secondary N) is 2. The Morgan fingerprint density at radius 3 is 2.70 bits per heavy atom. The molecule has 0 atom stereocenters. The van der Waals surface area contributed by atoms with Crippen molar-refractivity contribution in [2.45, 2.75) is 39.3 Å². The molecular formula is C21H21ClN8O3. The maximum absolute atomic E-state index is 12.6. The Morgan fingerprint density at radius 1 is 1.24 bits per heavy atom. The summed E-state index contributed by atoms with van der Waals surface area (Å²) in [6, 6.07) is 10.1. The number of ether oxygens (including phenoxy) is 1. The first-order valence-corrected chi connectivity index (χ1v) is 10.2. The molecule has 2 amide bonds. The van der Waals surface area contributed by atoms with Crippen LogP contribution in [0, 0.1) is 11.3 Å². The first kappa shape index (κ1) is 23.6. The third-order valence-corrected chi connectivity index (χ3v) is 4.40. The number of tetrazole rings is 1. The summed E-state index contributed by atoms with van der Waals surface area (Å²) in [5.74, 6) is -0.210. The van der Waals surface area contributed by atoms with Crippen LogP contribution in [-0.4, -0.2) is 42.8 Å². The average molecular weight is 469 g/mol. The van der Waals surface area contributed by atoms with Gasteiger partial charge in [0.15, 0.2) is 0 Å². The highest BCUT2D eigenvalue weighted by atomic mass is 35.5. The molecule has 0 aliphatic carbocycles. The van der Waals surface area contributed by atoms with Crippen LogP contribution in [0.2, 0.25) is 5.02 Å². The Morgan fingerprint density at radius 2 is 2.03 bits per heavy atom. The highest BCUT2D eigenvalue weighted by Gasteiger charge is 2.18. The van der Waals surface area contributed by atoms with E-state index in [4.69, 9.17) is 16.3 Å². The molecule has 0 spiro atoms. The predicted molar refractivity (Wildman–Crippen MR) is 119 cm³/mol. The molecule has 3 rings (SSSR count). The fourth-order valence-electron chi connectivity index (χ4n) is 2.81. The van der Waals surface area contributed by atoms with Crippen LogP contribution >= 0.6 is 11.6 Å². The summed E-state index contributed by atoms with van der Waals surface area (Å²) in [6.45, 7) is 5.35. The van der Waals surface area contributed by atoms with Crippen molar-refractivity contribution >= 4 is 29.4 Å². The molecule has 0 saturated heterocycles. The SMILES string of the molecule is CC(C)(C)OC(=O)Nc1ccc(C#N)c(CC(=O)NCc2cc(Cl)ccc2-n2cnnn2)n1. The third kappa shape index (κ3) is 6.72. The smallest absolute Gasteiger partial charge is 0.413 e. The standard InChI is InChI=1S/C21H21ClN8O3/c1-21(2,3)33-20(32)27-18-7-4-13(10-23)16(26-18)9-19(31)24-11-14-8-15(22)5-6-17(14)30-12-25-28-29-30/h4-8,12H,9,11H2,1-3H3,(H,24,31)(H,26,27,32). The zero-order valence-electron chi connectivity index (χ0n) is 18.2. The van der Waals surface area contributed by atoms with Crippen molar-refractivity contribution in [3.8, 4) is 11.8 Å². The number of anilines is 1. The number of aromatic nitrogens is 5. The van der Waals surface area contributed by atoms with Gasteiger partial charge >= 0.3 is 6.09 Å². The van der Waals surface area contributed by atoms with Gasteiger partial charge in [-0.3, -0.25) is 10.1 Å². The van der Waals surface area contributed by atoms with E-state index in [1.807, 2.05) is 6.07 Å². The van der Waals surface area contributed by atoms with Crippen LogP contribution in [0.15, 0.2) is 36.7 Å². The van der Waals surface area contributed by atoms with E-state index in [2.05, 4.69) is 31.1 Å². The van der Waals surface area contributed by atoms with Crippen LogP contribution in [0.25, 0.3) is 5.69 Å². The van der Waals surface area contributed by atoms with Gasteiger partial charge in [-0.15, -0.1) is 5.10 Å².